The number of amides is 3. The van der Waals surface area contributed by atoms with Crippen molar-refractivity contribution in [3.8, 4) is 5.75 Å². The topological polar surface area (TPSA) is 91.3 Å². The molecule has 0 radical (unpaired) electrons. The van der Waals surface area contributed by atoms with Crippen LogP contribution in [0.5, 0.6) is 5.75 Å². The summed E-state index contributed by atoms with van der Waals surface area (Å²) in [4.78, 5) is 27.9. The summed E-state index contributed by atoms with van der Waals surface area (Å²) < 4.78 is 10.9. The van der Waals surface area contributed by atoms with Crippen molar-refractivity contribution >= 4 is 22.2 Å². The molecule has 0 aliphatic carbocycles. The Bertz CT molecular complexity index is 653. The van der Waals surface area contributed by atoms with Gasteiger partial charge >= 0.3 is 6.03 Å². The Hall–Kier alpha value is -2.10. The molecule has 1 atom stereocenters. The molecule has 9 heteroatoms. The van der Waals surface area contributed by atoms with Gasteiger partial charge in [0.2, 0.25) is 0 Å². The van der Waals surface area contributed by atoms with Crippen LogP contribution in [0.2, 0.25) is 0 Å². The van der Waals surface area contributed by atoms with Crippen LogP contribution in [0.4, 0.5) is 4.79 Å². The average Bonchev–Trinajstić information content (AvgIpc) is 2.74. The number of likely N-dealkylation sites (N-methyl/N-ethyl adjacent to an activating group) is 1. The van der Waals surface area contributed by atoms with Gasteiger partial charge < -0.3 is 19.3 Å². The lowest BCUT2D eigenvalue weighted by Crippen LogP contribution is -2.56. The number of rotatable bonds is 4. The zero-order chi connectivity index (χ0) is 18.6. The average molecular weight is 367 g/mol. The highest BCUT2D eigenvalue weighted by Crippen LogP contribution is 2.30. The predicted molar refractivity (Wildman–Crippen MR) is 95.0 cm³/mol. The van der Waals surface area contributed by atoms with E-state index < -0.39 is 11.1 Å². The second-order valence-corrected chi connectivity index (χ2v) is 8.80. The Morgan fingerprint density at radius 1 is 1.52 bits per heavy atom. The molecule has 2 N–H and O–H groups in total. The number of hydroxylamine groups is 1. The van der Waals surface area contributed by atoms with E-state index >= 15 is 0 Å². The monoisotopic (exact) mass is 367 g/mol. The molecule has 138 valence electrons. The third-order valence-corrected chi connectivity index (χ3v) is 5.09. The summed E-state index contributed by atoms with van der Waals surface area (Å²) in [5, 5.41) is 8.38. The van der Waals surface area contributed by atoms with E-state index in [1.54, 1.807) is 42.7 Å². The molecule has 0 unspecified atom stereocenters. The van der Waals surface area contributed by atoms with Gasteiger partial charge in [0.1, 0.15) is 12.4 Å². The van der Waals surface area contributed by atoms with E-state index in [9.17, 15) is 9.59 Å². The Morgan fingerprint density at radius 2 is 2.24 bits per heavy atom. The molecular formula is C16H25N3O5Si. The largest absolute Gasteiger partial charge is 0.491 e. The second kappa shape index (κ2) is 7.85. The van der Waals surface area contributed by atoms with Crippen molar-refractivity contribution in [3.05, 3.63) is 29.3 Å². The fourth-order valence-corrected chi connectivity index (χ4v) is 3.09. The van der Waals surface area contributed by atoms with Crippen LogP contribution in [0.3, 0.4) is 0 Å². The maximum Gasteiger partial charge on any atom is 0.320 e. The van der Waals surface area contributed by atoms with Gasteiger partial charge in [-0.2, -0.15) is 0 Å². The highest BCUT2D eigenvalue weighted by atomic mass is 28.1. The van der Waals surface area contributed by atoms with Crippen LogP contribution >= 0.6 is 0 Å². The second-order valence-electron chi connectivity index (χ2n) is 6.65. The van der Waals surface area contributed by atoms with E-state index in [2.05, 4.69) is 0 Å². The van der Waals surface area contributed by atoms with Crippen molar-refractivity contribution in [2.24, 2.45) is 0 Å². The minimum absolute atomic E-state index is 0.0804. The van der Waals surface area contributed by atoms with E-state index in [0.29, 0.717) is 37.6 Å². The number of ether oxygens (including phenoxy) is 2. The van der Waals surface area contributed by atoms with Crippen LogP contribution < -0.4 is 10.2 Å². The number of benzene rings is 1. The van der Waals surface area contributed by atoms with Gasteiger partial charge in [0, 0.05) is 42.1 Å². The molecule has 1 aromatic rings. The van der Waals surface area contributed by atoms with Crippen LogP contribution in [0.1, 0.15) is 22.8 Å². The molecule has 0 saturated carbocycles. The number of urea groups is 1. The first-order chi connectivity index (χ1) is 11.8. The molecule has 0 bridgehead atoms. The lowest BCUT2D eigenvalue weighted by atomic mass is 10.1. The maximum atomic E-state index is 12.9. The van der Waals surface area contributed by atoms with Gasteiger partial charge in [0.25, 0.3) is 5.91 Å². The lowest BCUT2D eigenvalue weighted by Gasteiger charge is -2.38. The van der Waals surface area contributed by atoms with Crippen LogP contribution in [-0.4, -0.2) is 76.3 Å². The fraction of sp³-hybridized carbons (Fsp3) is 0.500. The molecule has 0 aromatic heterocycles. The third-order valence-electron chi connectivity index (χ3n) is 4.26. The summed E-state index contributed by atoms with van der Waals surface area (Å²) >= 11 is 0. The van der Waals surface area contributed by atoms with E-state index in [1.807, 2.05) is 11.8 Å². The van der Waals surface area contributed by atoms with Crippen LogP contribution in [-0.2, 0) is 11.3 Å². The molecule has 1 aliphatic rings. The number of carbonyl (C=O) groups is 2. The summed E-state index contributed by atoms with van der Waals surface area (Å²) in [5.41, 5.74) is 2.73. The number of methoxy groups -OCH3 is 1. The van der Waals surface area contributed by atoms with Crippen molar-refractivity contribution in [1.82, 2.24) is 15.3 Å². The Morgan fingerprint density at radius 3 is 2.88 bits per heavy atom. The number of nitrogens with one attached hydrogen (secondary N) is 1. The van der Waals surface area contributed by atoms with E-state index in [0.717, 1.165) is 15.8 Å². The predicted octanol–water partition coefficient (Wildman–Crippen LogP) is -0.220. The fourth-order valence-electron chi connectivity index (χ4n) is 2.60. The Balaban J connectivity index is 2.28. The maximum absolute atomic E-state index is 12.9. The van der Waals surface area contributed by atoms with Crippen LogP contribution in [0.15, 0.2) is 18.2 Å². The van der Waals surface area contributed by atoms with Crippen molar-refractivity contribution in [2.45, 2.75) is 18.6 Å². The first-order valence-electron chi connectivity index (χ1n) is 8.02. The molecule has 1 aliphatic heterocycles. The van der Waals surface area contributed by atoms with Gasteiger partial charge in [0.15, 0.2) is 0 Å². The van der Waals surface area contributed by atoms with Crippen molar-refractivity contribution in [1.29, 1.82) is 0 Å². The summed E-state index contributed by atoms with van der Waals surface area (Å²) in [7, 11) is 4.07. The molecule has 1 heterocycles. The number of hydrogen-bond acceptors (Lipinski definition) is 5. The molecular weight excluding hydrogens is 342 g/mol. The number of hydrogen-bond donors (Lipinski definition) is 2. The van der Waals surface area contributed by atoms with E-state index in [-0.39, 0.29) is 6.03 Å². The standard InChI is InChI=1S/C16H25N3O5Si/c1-16(25)10-24-13-8-11(14(20)17-22)4-5-12(13)9-19(16)15(21)18(2)6-7-23-3/h4-5,8,22H,6-7,9-10H2,1-3,25H3,(H,17,20)/t16-/m1/s1. The number of nitrogens with zero attached hydrogens (tertiary/aromatic N) is 2. The van der Waals surface area contributed by atoms with Gasteiger partial charge in [-0.25, -0.2) is 10.3 Å². The molecule has 0 saturated heterocycles. The number of fused-ring (bicyclic) bond motifs is 1. The third kappa shape index (κ3) is 4.30. The van der Waals surface area contributed by atoms with Gasteiger partial charge in [-0.15, -0.1) is 0 Å². The summed E-state index contributed by atoms with van der Waals surface area (Å²) in [6, 6.07) is 4.85. The van der Waals surface area contributed by atoms with E-state index in [4.69, 9.17) is 14.7 Å². The molecule has 1 aromatic carbocycles. The van der Waals surface area contributed by atoms with Gasteiger partial charge in [-0.1, -0.05) is 6.07 Å². The first kappa shape index (κ1) is 19.2. The SMILES string of the molecule is COCCN(C)C(=O)N1Cc2ccc(C(=O)NO)cc2OC[C@@]1(C)[SiH3]. The van der Waals surface area contributed by atoms with Crippen molar-refractivity contribution < 1.29 is 24.3 Å². The first-order valence-corrected chi connectivity index (χ1v) is 9.02. The summed E-state index contributed by atoms with van der Waals surface area (Å²) in [5.74, 6) is -0.0467. The van der Waals surface area contributed by atoms with Gasteiger partial charge in [-0.3, -0.25) is 10.0 Å². The molecule has 25 heavy (non-hydrogen) atoms. The zero-order valence-electron chi connectivity index (χ0n) is 15.0. The van der Waals surface area contributed by atoms with Crippen LogP contribution in [0, 0.1) is 0 Å². The van der Waals surface area contributed by atoms with E-state index in [1.165, 1.54) is 0 Å². The van der Waals surface area contributed by atoms with Crippen molar-refractivity contribution in [2.75, 3.05) is 33.9 Å². The summed E-state index contributed by atoms with van der Waals surface area (Å²) in [6.07, 6.45) is 0. The van der Waals surface area contributed by atoms with Gasteiger partial charge in [-0.05, 0) is 19.1 Å². The zero-order valence-corrected chi connectivity index (χ0v) is 17.0. The van der Waals surface area contributed by atoms with Crippen LogP contribution in [0.25, 0.3) is 0 Å². The van der Waals surface area contributed by atoms with Gasteiger partial charge in [0.05, 0.1) is 18.3 Å². The molecule has 0 fully saturated rings. The molecule has 0 spiro atoms. The quantitative estimate of drug-likeness (QED) is 0.436. The molecule has 3 amide bonds. The number of carbonyl (C=O) groups excluding carboxylic acids is 2. The lowest BCUT2D eigenvalue weighted by molar-refractivity contribution is 0.0706. The highest BCUT2D eigenvalue weighted by molar-refractivity contribution is 6.16. The smallest absolute Gasteiger partial charge is 0.320 e. The molecule has 8 nitrogen and oxygen atoms in total. The minimum Gasteiger partial charge on any atom is -0.491 e. The Kier molecular flexibility index (Phi) is 6.04. The highest BCUT2D eigenvalue weighted by Gasteiger charge is 2.36. The molecule has 2 rings (SSSR count). The minimum atomic E-state index is -0.600. The Labute approximate surface area is 150 Å². The van der Waals surface area contributed by atoms with Crippen molar-refractivity contribution in [3.63, 3.8) is 0 Å². The normalized spacial score (nSPS) is 19.6. The summed E-state index contributed by atoms with van der Waals surface area (Å²) in [6.45, 7) is 3.72.